The lowest BCUT2D eigenvalue weighted by molar-refractivity contribution is -0.384. The van der Waals surface area contributed by atoms with Crippen LogP contribution in [0.2, 0.25) is 0 Å². The first-order valence-corrected chi connectivity index (χ1v) is 7.47. The summed E-state index contributed by atoms with van der Waals surface area (Å²) in [5, 5.41) is 14.3. The van der Waals surface area contributed by atoms with Crippen LogP contribution in [0.4, 0.5) is 15.8 Å². The zero-order chi connectivity index (χ0) is 15.4. The molecular weight excluding hydrogens is 271 g/mol. The lowest BCUT2D eigenvalue weighted by Crippen LogP contribution is -2.40. The van der Waals surface area contributed by atoms with E-state index in [9.17, 15) is 14.5 Å². The van der Waals surface area contributed by atoms with Crippen LogP contribution in [0.3, 0.4) is 0 Å². The molecular formula is C16H21FN2O2. The molecule has 1 N–H and O–H groups in total. The van der Waals surface area contributed by atoms with Gasteiger partial charge in [-0.3, -0.25) is 10.1 Å². The van der Waals surface area contributed by atoms with Gasteiger partial charge in [-0.2, -0.15) is 0 Å². The smallest absolute Gasteiger partial charge is 0.295 e. The van der Waals surface area contributed by atoms with Crippen LogP contribution < -0.4 is 5.32 Å². The number of halogens is 1. The SMILES string of the molecule is CC1(C)C2CCC1(C)C(Nc1c(F)cccc1[N+](=O)[O-])C2. The van der Waals surface area contributed by atoms with Gasteiger partial charge < -0.3 is 5.32 Å². The molecule has 0 amide bonds. The van der Waals surface area contributed by atoms with Crippen molar-refractivity contribution in [2.45, 2.75) is 46.1 Å². The molecule has 114 valence electrons. The zero-order valence-corrected chi connectivity index (χ0v) is 12.6. The van der Waals surface area contributed by atoms with Gasteiger partial charge in [-0.1, -0.05) is 26.8 Å². The van der Waals surface area contributed by atoms with Crippen LogP contribution in [0, 0.1) is 32.7 Å². The number of rotatable bonds is 3. The average molecular weight is 292 g/mol. The van der Waals surface area contributed by atoms with E-state index < -0.39 is 10.7 Å². The largest absolute Gasteiger partial charge is 0.374 e. The van der Waals surface area contributed by atoms with Crippen LogP contribution in [-0.4, -0.2) is 11.0 Å². The summed E-state index contributed by atoms with van der Waals surface area (Å²) in [6.45, 7) is 6.76. The van der Waals surface area contributed by atoms with Gasteiger partial charge in [-0.25, -0.2) is 4.39 Å². The number of benzene rings is 1. The molecule has 2 aliphatic rings. The Morgan fingerprint density at radius 3 is 2.62 bits per heavy atom. The van der Waals surface area contributed by atoms with E-state index in [2.05, 4.69) is 26.1 Å². The summed E-state index contributed by atoms with van der Waals surface area (Å²) in [5.74, 6) is 0.0548. The Hall–Kier alpha value is -1.65. The molecule has 5 heteroatoms. The minimum atomic E-state index is -0.548. The second kappa shape index (κ2) is 4.42. The van der Waals surface area contributed by atoms with Gasteiger partial charge in [0.2, 0.25) is 0 Å². The first-order chi connectivity index (χ1) is 9.77. The Morgan fingerprint density at radius 1 is 1.38 bits per heavy atom. The molecule has 0 aromatic heterocycles. The van der Waals surface area contributed by atoms with E-state index in [0.29, 0.717) is 5.92 Å². The van der Waals surface area contributed by atoms with Crippen molar-refractivity contribution in [1.29, 1.82) is 0 Å². The molecule has 2 bridgehead atoms. The van der Waals surface area contributed by atoms with E-state index >= 15 is 0 Å². The first kappa shape index (κ1) is 14.3. The second-order valence-corrected chi connectivity index (χ2v) is 7.20. The molecule has 1 aromatic rings. The summed E-state index contributed by atoms with van der Waals surface area (Å²) in [7, 11) is 0. The van der Waals surface area contributed by atoms with E-state index in [0.717, 1.165) is 12.8 Å². The number of hydrogen-bond acceptors (Lipinski definition) is 3. The minimum Gasteiger partial charge on any atom is -0.374 e. The van der Waals surface area contributed by atoms with Crippen LogP contribution in [0.15, 0.2) is 18.2 Å². The molecule has 2 fully saturated rings. The summed E-state index contributed by atoms with van der Waals surface area (Å²) in [4.78, 5) is 10.6. The first-order valence-electron chi connectivity index (χ1n) is 7.47. The second-order valence-electron chi connectivity index (χ2n) is 7.20. The number of anilines is 1. The molecule has 21 heavy (non-hydrogen) atoms. The molecule has 3 rings (SSSR count). The summed E-state index contributed by atoms with van der Waals surface area (Å²) < 4.78 is 14.1. The molecule has 2 saturated carbocycles. The molecule has 0 radical (unpaired) electrons. The van der Waals surface area contributed by atoms with E-state index in [1.165, 1.54) is 24.6 Å². The lowest BCUT2D eigenvalue weighted by atomic mass is 9.69. The van der Waals surface area contributed by atoms with Gasteiger partial charge >= 0.3 is 0 Å². The molecule has 0 aliphatic heterocycles. The number of nitro benzene ring substituents is 1. The maximum Gasteiger partial charge on any atom is 0.295 e. The Bertz CT molecular complexity index is 602. The molecule has 0 spiro atoms. The monoisotopic (exact) mass is 292 g/mol. The Kier molecular flexibility index (Phi) is 3.01. The number of nitro groups is 1. The molecule has 1 aromatic carbocycles. The number of para-hydroxylation sites is 1. The van der Waals surface area contributed by atoms with Gasteiger partial charge in [0, 0.05) is 12.1 Å². The Balaban J connectivity index is 1.95. The van der Waals surface area contributed by atoms with Crippen molar-refractivity contribution < 1.29 is 9.31 Å². The molecule has 0 heterocycles. The van der Waals surface area contributed by atoms with Gasteiger partial charge in [-0.15, -0.1) is 0 Å². The zero-order valence-electron chi connectivity index (χ0n) is 12.6. The van der Waals surface area contributed by atoms with Gasteiger partial charge in [-0.05, 0) is 42.1 Å². The summed E-state index contributed by atoms with van der Waals surface area (Å²) in [5.41, 5.74) is 0.0923. The van der Waals surface area contributed by atoms with Crippen molar-refractivity contribution in [2.75, 3.05) is 5.32 Å². The number of nitrogens with one attached hydrogen (secondary N) is 1. The lowest BCUT2D eigenvalue weighted by Gasteiger charge is -2.39. The highest BCUT2D eigenvalue weighted by Gasteiger charge is 2.61. The summed E-state index contributed by atoms with van der Waals surface area (Å²) in [6.07, 6.45) is 3.24. The van der Waals surface area contributed by atoms with E-state index in [1.54, 1.807) is 0 Å². The Morgan fingerprint density at radius 2 is 2.10 bits per heavy atom. The van der Waals surface area contributed by atoms with E-state index in [-0.39, 0.29) is 28.2 Å². The topological polar surface area (TPSA) is 55.2 Å². The fourth-order valence-electron chi connectivity index (χ4n) is 4.40. The van der Waals surface area contributed by atoms with Crippen LogP contribution >= 0.6 is 0 Å². The molecule has 4 nitrogen and oxygen atoms in total. The van der Waals surface area contributed by atoms with Crippen molar-refractivity contribution in [3.63, 3.8) is 0 Å². The maximum atomic E-state index is 14.1. The summed E-state index contributed by atoms with van der Waals surface area (Å²) >= 11 is 0. The van der Waals surface area contributed by atoms with Crippen LogP contribution in [-0.2, 0) is 0 Å². The highest BCUT2D eigenvalue weighted by Crippen LogP contribution is 2.66. The maximum absolute atomic E-state index is 14.1. The fourth-order valence-corrected chi connectivity index (χ4v) is 4.40. The van der Waals surface area contributed by atoms with E-state index in [1.807, 2.05) is 0 Å². The summed E-state index contributed by atoms with van der Waals surface area (Å²) in [6, 6.07) is 4.09. The van der Waals surface area contributed by atoms with Gasteiger partial charge in [0.25, 0.3) is 5.69 Å². The van der Waals surface area contributed by atoms with Crippen molar-refractivity contribution in [1.82, 2.24) is 0 Å². The number of nitrogens with zero attached hydrogens (tertiary/aromatic N) is 1. The van der Waals surface area contributed by atoms with Crippen molar-refractivity contribution in [2.24, 2.45) is 16.7 Å². The van der Waals surface area contributed by atoms with Crippen LogP contribution in [0.5, 0.6) is 0 Å². The van der Waals surface area contributed by atoms with Crippen molar-refractivity contribution in [3.8, 4) is 0 Å². The van der Waals surface area contributed by atoms with Crippen molar-refractivity contribution in [3.05, 3.63) is 34.1 Å². The predicted octanol–water partition coefficient (Wildman–Crippen LogP) is 4.36. The van der Waals surface area contributed by atoms with Crippen LogP contribution in [0.25, 0.3) is 0 Å². The fraction of sp³-hybridized carbons (Fsp3) is 0.625. The Labute approximate surface area is 123 Å². The average Bonchev–Trinajstić information content (AvgIpc) is 2.73. The molecule has 3 unspecified atom stereocenters. The highest BCUT2D eigenvalue weighted by atomic mass is 19.1. The van der Waals surface area contributed by atoms with Gasteiger partial charge in [0.1, 0.15) is 5.69 Å². The molecule has 0 saturated heterocycles. The predicted molar refractivity (Wildman–Crippen MR) is 79.7 cm³/mol. The third-order valence-corrected chi connectivity index (χ3v) is 6.30. The molecule has 3 atom stereocenters. The quantitative estimate of drug-likeness (QED) is 0.665. The van der Waals surface area contributed by atoms with E-state index in [4.69, 9.17) is 0 Å². The third kappa shape index (κ3) is 1.86. The highest BCUT2D eigenvalue weighted by molar-refractivity contribution is 5.63. The minimum absolute atomic E-state index is 0.0390. The normalized spacial score (nSPS) is 33.1. The standard InChI is InChI=1S/C16H21FN2O2/c1-15(2)10-7-8-16(15,3)13(9-10)18-14-11(17)5-4-6-12(14)19(20)21/h4-6,10,13,18H,7-9H2,1-3H3. The van der Waals surface area contributed by atoms with Crippen molar-refractivity contribution >= 4 is 11.4 Å². The van der Waals surface area contributed by atoms with Crippen LogP contribution in [0.1, 0.15) is 40.0 Å². The molecule has 2 aliphatic carbocycles. The third-order valence-electron chi connectivity index (χ3n) is 6.30. The van der Waals surface area contributed by atoms with Gasteiger partial charge in [0.05, 0.1) is 4.92 Å². The number of fused-ring (bicyclic) bond motifs is 2. The van der Waals surface area contributed by atoms with Gasteiger partial charge in [0.15, 0.2) is 5.82 Å². The number of hydrogen-bond donors (Lipinski definition) is 1.